The van der Waals surface area contributed by atoms with Crippen molar-refractivity contribution in [1.82, 2.24) is 0 Å². The van der Waals surface area contributed by atoms with Crippen molar-refractivity contribution in [2.24, 2.45) is 0 Å². The quantitative estimate of drug-likeness (QED) is 0.396. The normalized spacial score (nSPS) is 10.5. The molecule has 1 N–H and O–H groups in total. The number of hydrogen-bond donors (Lipinski definition) is 1. The van der Waals surface area contributed by atoms with Gasteiger partial charge in [-0.05, 0) is 47.7 Å². The van der Waals surface area contributed by atoms with Gasteiger partial charge >= 0.3 is 5.97 Å². The summed E-state index contributed by atoms with van der Waals surface area (Å²) in [7, 11) is 0. The van der Waals surface area contributed by atoms with E-state index in [0.717, 1.165) is 9.26 Å². The van der Waals surface area contributed by atoms with Gasteiger partial charge in [-0.1, -0.05) is 6.07 Å². The highest BCUT2D eigenvalue weighted by atomic mass is 127. The standard InChI is InChI=1S/C12H11IN2O2/c1-2-17-12(16)9(7-14)8-15-11-5-3-4-10(13)6-11/h3-6,8,15H,2H2,1H3. The number of anilines is 1. The van der Waals surface area contributed by atoms with Crippen LogP contribution in [0.25, 0.3) is 0 Å². The van der Waals surface area contributed by atoms with Crippen molar-refractivity contribution in [1.29, 1.82) is 5.26 Å². The van der Waals surface area contributed by atoms with E-state index < -0.39 is 5.97 Å². The first kappa shape index (κ1) is 13.5. The van der Waals surface area contributed by atoms with Crippen molar-refractivity contribution < 1.29 is 9.53 Å². The SMILES string of the molecule is CCOC(=O)C(C#N)=CNc1cccc(I)c1. The van der Waals surface area contributed by atoms with Gasteiger partial charge < -0.3 is 10.1 Å². The van der Waals surface area contributed by atoms with E-state index in [1.165, 1.54) is 6.20 Å². The largest absolute Gasteiger partial charge is 0.462 e. The molecule has 1 rings (SSSR count). The maximum absolute atomic E-state index is 11.3. The molecule has 0 bridgehead atoms. The minimum Gasteiger partial charge on any atom is -0.462 e. The topological polar surface area (TPSA) is 62.1 Å². The number of hydrogen-bond acceptors (Lipinski definition) is 4. The van der Waals surface area contributed by atoms with Crippen molar-refractivity contribution in [3.8, 4) is 6.07 Å². The molecule has 1 aromatic rings. The smallest absolute Gasteiger partial charge is 0.350 e. The molecule has 0 radical (unpaired) electrons. The van der Waals surface area contributed by atoms with E-state index in [1.807, 2.05) is 24.3 Å². The fourth-order valence-corrected chi connectivity index (χ4v) is 1.62. The van der Waals surface area contributed by atoms with Crippen molar-refractivity contribution in [2.45, 2.75) is 6.92 Å². The molecule has 0 amide bonds. The Morgan fingerprint density at radius 1 is 1.65 bits per heavy atom. The Hall–Kier alpha value is -1.55. The number of carbonyl (C=O) groups is 1. The molecule has 0 atom stereocenters. The van der Waals surface area contributed by atoms with Crippen LogP contribution in [-0.4, -0.2) is 12.6 Å². The highest BCUT2D eigenvalue weighted by molar-refractivity contribution is 14.1. The zero-order chi connectivity index (χ0) is 12.7. The zero-order valence-corrected chi connectivity index (χ0v) is 11.4. The third-order valence-corrected chi connectivity index (χ3v) is 2.49. The number of nitrogens with zero attached hydrogens (tertiary/aromatic N) is 1. The lowest BCUT2D eigenvalue weighted by Gasteiger charge is -2.03. The molecule has 17 heavy (non-hydrogen) atoms. The Labute approximate surface area is 113 Å². The van der Waals surface area contributed by atoms with Crippen LogP contribution < -0.4 is 5.32 Å². The van der Waals surface area contributed by atoms with E-state index in [1.54, 1.807) is 13.0 Å². The maximum Gasteiger partial charge on any atom is 0.350 e. The van der Waals surface area contributed by atoms with Gasteiger partial charge in [0.2, 0.25) is 0 Å². The number of ether oxygens (including phenoxy) is 1. The third kappa shape index (κ3) is 4.44. The average molecular weight is 342 g/mol. The molecule has 0 aromatic heterocycles. The summed E-state index contributed by atoms with van der Waals surface area (Å²) in [6, 6.07) is 9.37. The minimum absolute atomic E-state index is 0.0503. The number of nitriles is 1. The summed E-state index contributed by atoms with van der Waals surface area (Å²) in [4.78, 5) is 11.3. The molecule has 0 spiro atoms. The van der Waals surface area contributed by atoms with Crippen LogP contribution in [-0.2, 0) is 9.53 Å². The molecule has 0 saturated heterocycles. The number of halogens is 1. The lowest BCUT2D eigenvalue weighted by atomic mass is 10.3. The Morgan fingerprint density at radius 3 is 3.00 bits per heavy atom. The van der Waals surface area contributed by atoms with Crippen LogP contribution in [0, 0.1) is 14.9 Å². The molecule has 0 aliphatic rings. The van der Waals surface area contributed by atoms with E-state index in [0.29, 0.717) is 0 Å². The van der Waals surface area contributed by atoms with Crippen LogP contribution in [0.2, 0.25) is 0 Å². The maximum atomic E-state index is 11.3. The lowest BCUT2D eigenvalue weighted by molar-refractivity contribution is -0.138. The van der Waals surface area contributed by atoms with Crippen molar-refractivity contribution in [3.63, 3.8) is 0 Å². The summed E-state index contributed by atoms with van der Waals surface area (Å²) in [6.45, 7) is 1.95. The molecular formula is C12H11IN2O2. The molecule has 0 heterocycles. The van der Waals surface area contributed by atoms with E-state index >= 15 is 0 Å². The number of benzene rings is 1. The van der Waals surface area contributed by atoms with Gasteiger partial charge in [-0.25, -0.2) is 4.79 Å². The van der Waals surface area contributed by atoms with Gasteiger partial charge in [0.1, 0.15) is 6.07 Å². The Kier molecular flexibility index (Phi) is 5.49. The van der Waals surface area contributed by atoms with Crippen LogP contribution in [0.1, 0.15) is 6.92 Å². The van der Waals surface area contributed by atoms with Crippen LogP contribution in [0.15, 0.2) is 36.0 Å². The van der Waals surface area contributed by atoms with Crippen LogP contribution >= 0.6 is 22.6 Å². The number of nitrogens with one attached hydrogen (secondary N) is 1. The molecule has 1 aromatic carbocycles. The highest BCUT2D eigenvalue weighted by Gasteiger charge is 2.08. The molecule has 5 heteroatoms. The predicted octanol–water partition coefficient (Wildman–Crippen LogP) is 2.67. The van der Waals surface area contributed by atoms with E-state index in [9.17, 15) is 4.79 Å². The van der Waals surface area contributed by atoms with E-state index in [4.69, 9.17) is 10.00 Å². The minimum atomic E-state index is -0.617. The number of rotatable bonds is 4. The molecule has 0 aliphatic carbocycles. The first-order valence-electron chi connectivity index (χ1n) is 4.97. The molecule has 4 nitrogen and oxygen atoms in total. The second kappa shape index (κ2) is 6.91. The average Bonchev–Trinajstić information content (AvgIpc) is 2.30. The van der Waals surface area contributed by atoms with Crippen LogP contribution in [0.5, 0.6) is 0 Å². The first-order valence-corrected chi connectivity index (χ1v) is 6.04. The van der Waals surface area contributed by atoms with Gasteiger partial charge in [0.05, 0.1) is 6.61 Å². The van der Waals surface area contributed by atoms with Gasteiger partial charge in [0, 0.05) is 15.5 Å². The van der Waals surface area contributed by atoms with Gasteiger partial charge in [-0.2, -0.15) is 5.26 Å². The van der Waals surface area contributed by atoms with Crippen LogP contribution in [0.3, 0.4) is 0 Å². The van der Waals surface area contributed by atoms with Crippen molar-refractivity contribution in [2.75, 3.05) is 11.9 Å². The number of carbonyl (C=O) groups excluding carboxylic acids is 1. The zero-order valence-electron chi connectivity index (χ0n) is 9.24. The Morgan fingerprint density at radius 2 is 2.41 bits per heavy atom. The molecule has 0 aliphatic heterocycles. The van der Waals surface area contributed by atoms with Gasteiger partial charge in [0.15, 0.2) is 5.57 Å². The van der Waals surface area contributed by atoms with Crippen LogP contribution in [0.4, 0.5) is 5.69 Å². The molecule has 88 valence electrons. The summed E-state index contributed by atoms with van der Waals surface area (Å²) in [5, 5.41) is 11.7. The van der Waals surface area contributed by atoms with Gasteiger partial charge in [-0.15, -0.1) is 0 Å². The van der Waals surface area contributed by atoms with Crippen molar-refractivity contribution in [3.05, 3.63) is 39.6 Å². The fourth-order valence-electron chi connectivity index (χ4n) is 1.08. The molecule has 0 fully saturated rings. The molecular weight excluding hydrogens is 331 g/mol. The number of esters is 1. The van der Waals surface area contributed by atoms with Crippen molar-refractivity contribution >= 4 is 34.2 Å². The van der Waals surface area contributed by atoms with E-state index in [2.05, 4.69) is 27.9 Å². The Balaban J connectivity index is 2.75. The summed E-state index contributed by atoms with van der Waals surface area (Å²) < 4.78 is 5.80. The monoisotopic (exact) mass is 342 g/mol. The lowest BCUT2D eigenvalue weighted by Crippen LogP contribution is -2.07. The van der Waals surface area contributed by atoms with Gasteiger partial charge in [0.25, 0.3) is 0 Å². The van der Waals surface area contributed by atoms with E-state index in [-0.39, 0.29) is 12.2 Å². The summed E-state index contributed by atoms with van der Waals surface area (Å²) >= 11 is 2.18. The summed E-state index contributed by atoms with van der Waals surface area (Å²) in [5.41, 5.74) is 0.764. The molecule has 0 unspecified atom stereocenters. The second-order valence-corrected chi connectivity index (χ2v) is 4.29. The first-order chi connectivity index (χ1) is 8.17. The summed E-state index contributed by atoms with van der Waals surface area (Å²) in [5.74, 6) is -0.617. The predicted molar refractivity (Wildman–Crippen MR) is 73.1 cm³/mol. The van der Waals surface area contributed by atoms with Gasteiger partial charge in [-0.3, -0.25) is 0 Å². The second-order valence-electron chi connectivity index (χ2n) is 3.04. The molecule has 0 saturated carbocycles. The fraction of sp³-hybridized carbons (Fsp3) is 0.167. The Bertz CT molecular complexity index is 478. The highest BCUT2D eigenvalue weighted by Crippen LogP contribution is 2.12. The summed E-state index contributed by atoms with van der Waals surface area (Å²) in [6.07, 6.45) is 1.35. The third-order valence-electron chi connectivity index (χ3n) is 1.82.